The zero-order chi connectivity index (χ0) is 32.7. The van der Waals surface area contributed by atoms with Crippen LogP contribution in [0.3, 0.4) is 0 Å². The molecule has 1 fully saturated rings. The molecule has 0 bridgehead atoms. The minimum absolute atomic E-state index is 0.0413. The predicted molar refractivity (Wildman–Crippen MR) is 164 cm³/mol. The Morgan fingerprint density at radius 3 is 2.30 bits per heavy atom. The smallest absolute Gasteiger partial charge is 0.342 e. The summed E-state index contributed by atoms with van der Waals surface area (Å²) in [6.45, 7) is 5.56. The molecular weight excluding hydrogens is 592 g/mol. The van der Waals surface area contributed by atoms with E-state index in [9.17, 15) is 19.5 Å². The number of fused-ring (bicyclic) bond motifs is 4. The summed E-state index contributed by atoms with van der Waals surface area (Å²) in [5.74, 6) is -2.11. The molecule has 3 aromatic rings. The zero-order valence-corrected chi connectivity index (χ0v) is 26.4. The Bertz CT molecular complexity index is 1870. The van der Waals surface area contributed by atoms with Crippen molar-refractivity contribution < 1.29 is 47.9 Å². The van der Waals surface area contributed by atoms with Crippen molar-refractivity contribution in [2.24, 2.45) is 5.41 Å². The lowest BCUT2D eigenvalue weighted by atomic mass is 9.65. The molecule has 10 heteroatoms. The fourth-order valence-corrected chi connectivity index (χ4v) is 7.62. The lowest BCUT2D eigenvalue weighted by Crippen LogP contribution is -2.48. The normalized spacial score (nSPS) is 25.3. The first kappa shape index (κ1) is 30.0. The average molecular weight is 627 g/mol. The van der Waals surface area contributed by atoms with Gasteiger partial charge in [-0.25, -0.2) is 4.79 Å². The number of aromatic hydroxyl groups is 1. The molecule has 0 radical (unpaired) electrons. The molecule has 4 atom stereocenters. The summed E-state index contributed by atoms with van der Waals surface area (Å²) in [6.07, 6.45) is 2.65. The number of carbonyl (C=O) groups excluding carboxylic acids is 3. The van der Waals surface area contributed by atoms with Gasteiger partial charge in [0.15, 0.2) is 11.6 Å². The van der Waals surface area contributed by atoms with Crippen LogP contribution < -0.4 is 14.2 Å². The van der Waals surface area contributed by atoms with Crippen LogP contribution in [-0.4, -0.2) is 62.0 Å². The number of carbonyl (C=O) groups is 3. The van der Waals surface area contributed by atoms with E-state index in [4.69, 9.17) is 28.4 Å². The Kier molecular flexibility index (Phi) is 6.81. The molecule has 1 unspecified atom stereocenters. The summed E-state index contributed by atoms with van der Waals surface area (Å²) in [5, 5.41) is 11.9. The monoisotopic (exact) mass is 626 g/mol. The third-order valence-electron chi connectivity index (χ3n) is 9.44. The van der Waals surface area contributed by atoms with Crippen molar-refractivity contribution in [3.63, 3.8) is 0 Å². The number of hydrogen-bond acceptors (Lipinski definition) is 10. The van der Waals surface area contributed by atoms with Gasteiger partial charge in [0.1, 0.15) is 40.8 Å². The van der Waals surface area contributed by atoms with E-state index in [1.807, 2.05) is 39.0 Å². The summed E-state index contributed by atoms with van der Waals surface area (Å²) >= 11 is 0. The Hall–Kier alpha value is -4.67. The maximum absolute atomic E-state index is 14.0. The van der Waals surface area contributed by atoms with E-state index < -0.39 is 47.0 Å². The molecular formula is C36H34O10. The third-order valence-corrected chi connectivity index (χ3v) is 9.44. The summed E-state index contributed by atoms with van der Waals surface area (Å²) in [4.78, 5) is 41.4. The number of esters is 1. The molecule has 0 saturated carbocycles. The van der Waals surface area contributed by atoms with Crippen LogP contribution in [0.5, 0.6) is 23.0 Å². The first-order valence-corrected chi connectivity index (χ1v) is 15.1. The summed E-state index contributed by atoms with van der Waals surface area (Å²) in [6, 6.07) is 10.00. The van der Waals surface area contributed by atoms with E-state index in [1.165, 1.54) is 27.4 Å². The van der Waals surface area contributed by atoms with Gasteiger partial charge in [-0.3, -0.25) is 9.59 Å². The van der Waals surface area contributed by atoms with Crippen molar-refractivity contribution in [3.05, 3.63) is 93.1 Å². The first-order chi connectivity index (χ1) is 21.9. The number of ether oxygens (including phenoxy) is 6. The van der Waals surface area contributed by atoms with Crippen molar-refractivity contribution in [2.45, 2.75) is 57.7 Å². The number of aryl methyl sites for hydroxylation is 1. The Labute approximate surface area is 265 Å². The van der Waals surface area contributed by atoms with Crippen LogP contribution in [0.15, 0.2) is 48.6 Å². The van der Waals surface area contributed by atoms with Crippen LogP contribution in [0.1, 0.15) is 85.3 Å². The van der Waals surface area contributed by atoms with Gasteiger partial charge in [0, 0.05) is 11.1 Å². The molecule has 0 amide bonds. The number of methoxy groups -OCH3 is 3. The molecule has 2 aliphatic heterocycles. The fourth-order valence-electron chi connectivity index (χ4n) is 7.62. The molecule has 46 heavy (non-hydrogen) atoms. The maximum Gasteiger partial charge on any atom is 0.342 e. The van der Waals surface area contributed by atoms with Gasteiger partial charge in [-0.05, 0) is 62.9 Å². The van der Waals surface area contributed by atoms with Gasteiger partial charge in [-0.15, -0.1) is 0 Å². The van der Waals surface area contributed by atoms with Crippen LogP contribution in [0.4, 0.5) is 0 Å². The van der Waals surface area contributed by atoms with Gasteiger partial charge < -0.3 is 33.5 Å². The Morgan fingerprint density at radius 2 is 1.59 bits per heavy atom. The van der Waals surface area contributed by atoms with Crippen molar-refractivity contribution in [2.75, 3.05) is 21.3 Å². The van der Waals surface area contributed by atoms with Gasteiger partial charge in [-0.1, -0.05) is 30.4 Å². The highest BCUT2D eigenvalue weighted by atomic mass is 16.8. The van der Waals surface area contributed by atoms with Crippen molar-refractivity contribution >= 4 is 17.5 Å². The van der Waals surface area contributed by atoms with Gasteiger partial charge in [0.05, 0.1) is 49.5 Å². The Balaban J connectivity index is 1.44. The van der Waals surface area contributed by atoms with E-state index in [0.717, 1.165) is 5.56 Å². The summed E-state index contributed by atoms with van der Waals surface area (Å²) < 4.78 is 35.8. The second-order valence-corrected chi connectivity index (χ2v) is 12.6. The van der Waals surface area contributed by atoms with E-state index in [-0.39, 0.29) is 45.9 Å². The van der Waals surface area contributed by atoms with Crippen LogP contribution in [-0.2, 0) is 20.6 Å². The lowest BCUT2D eigenvalue weighted by Gasteiger charge is -2.44. The molecule has 2 heterocycles. The number of rotatable bonds is 6. The van der Waals surface area contributed by atoms with E-state index in [1.54, 1.807) is 24.3 Å². The number of phenolic OH excluding ortho intramolecular Hbond substituents is 1. The maximum atomic E-state index is 14.0. The quantitative estimate of drug-likeness (QED) is 0.219. The zero-order valence-electron chi connectivity index (χ0n) is 26.4. The first-order valence-electron chi connectivity index (χ1n) is 15.1. The van der Waals surface area contributed by atoms with Crippen LogP contribution in [0, 0.1) is 12.3 Å². The van der Waals surface area contributed by atoms with Gasteiger partial charge in [0.25, 0.3) is 0 Å². The molecule has 1 N–H and O–H groups in total. The highest BCUT2D eigenvalue weighted by molar-refractivity contribution is 6.31. The molecule has 238 valence electrons. The molecule has 3 aromatic carbocycles. The molecule has 0 spiro atoms. The lowest BCUT2D eigenvalue weighted by molar-refractivity contribution is -0.161. The van der Waals surface area contributed by atoms with Crippen molar-refractivity contribution in [1.29, 1.82) is 0 Å². The molecule has 0 aromatic heterocycles. The van der Waals surface area contributed by atoms with Gasteiger partial charge in [-0.2, -0.15) is 0 Å². The minimum Gasteiger partial charge on any atom is -0.507 e. The highest BCUT2D eigenvalue weighted by Crippen LogP contribution is 2.57. The second kappa shape index (κ2) is 10.4. The standard InChI is InChI=1S/C36H34O10/c1-17-13-20-26(23(14-17)42-5)34(40)44-32(20)36(12-8-11-22-33(36)46-35(2,3)45-22)16-18-15-24(43-6)27-28(29(18)37)30(38)19-9-7-10-21(41-4)25(19)31(27)39/h7-10,12-15,22,32-33,37H,11,16H2,1-6H3/t22?,32-,33+,36+/m0/s1. The molecule has 1 saturated heterocycles. The van der Waals surface area contributed by atoms with Crippen molar-refractivity contribution in [1.82, 2.24) is 0 Å². The molecule has 2 aliphatic carbocycles. The van der Waals surface area contributed by atoms with E-state index >= 15 is 0 Å². The van der Waals surface area contributed by atoms with Crippen molar-refractivity contribution in [3.8, 4) is 23.0 Å². The molecule has 10 nitrogen and oxygen atoms in total. The SMILES string of the molecule is COc1cccc2c1C(=O)c1c(OC)cc(C[C@@]3([C@H]4OC(=O)c5c(OC)cc(C)cc54)C=CCC4OC(C)(C)O[C@H]43)c(O)c1C2=O. The number of cyclic esters (lactones) is 1. The van der Waals surface area contributed by atoms with E-state index in [0.29, 0.717) is 28.9 Å². The number of hydrogen-bond donors (Lipinski definition) is 1. The topological polar surface area (TPSA) is 127 Å². The molecule has 7 rings (SSSR count). The summed E-state index contributed by atoms with van der Waals surface area (Å²) in [5.41, 5.74) is 1.04. The highest BCUT2D eigenvalue weighted by Gasteiger charge is 2.60. The van der Waals surface area contributed by atoms with Crippen LogP contribution in [0.2, 0.25) is 0 Å². The predicted octanol–water partition coefficient (Wildman–Crippen LogP) is 5.42. The number of benzene rings is 3. The largest absolute Gasteiger partial charge is 0.507 e. The Morgan fingerprint density at radius 1 is 0.870 bits per heavy atom. The summed E-state index contributed by atoms with van der Waals surface area (Å²) in [7, 11) is 4.33. The average Bonchev–Trinajstić information content (AvgIpc) is 3.55. The van der Waals surface area contributed by atoms with Gasteiger partial charge >= 0.3 is 5.97 Å². The number of phenols is 1. The third kappa shape index (κ3) is 4.20. The second-order valence-electron chi connectivity index (χ2n) is 12.6. The van der Waals surface area contributed by atoms with Crippen LogP contribution in [0.25, 0.3) is 0 Å². The van der Waals surface area contributed by atoms with Crippen LogP contribution >= 0.6 is 0 Å². The fraction of sp³-hybridized carbons (Fsp3) is 0.361. The van der Waals surface area contributed by atoms with E-state index in [2.05, 4.69) is 0 Å². The molecule has 4 aliphatic rings. The van der Waals surface area contributed by atoms with Gasteiger partial charge in [0.2, 0.25) is 5.78 Å². The number of ketones is 2. The minimum atomic E-state index is -1.12.